The van der Waals surface area contributed by atoms with E-state index in [4.69, 9.17) is 4.74 Å². The van der Waals surface area contributed by atoms with Crippen molar-refractivity contribution in [2.75, 3.05) is 66.6 Å². The van der Waals surface area contributed by atoms with Crippen molar-refractivity contribution >= 4 is 29.9 Å². The molecule has 1 aliphatic heterocycles. The predicted octanol–water partition coefficient (Wildman–Crippen LogP) is 0.583. The van der Waals surface area contributed by atoms with Crippen LogP contribution < -0.4 is 10.6 Å². The first-order valence-electron chi connectivity index (χ1n) is 8.88. The number of nitrogens with zero attached hydrogens (tertiary/aromatic N) is 3. The van der Waals surface area contributed by atoms with Crippen molar-refractivity contribution in [2.24, 2.45) is 4.99 Å². The summed E-state index contributed by atoms with van der Waals surface area (Å²) in [5, 5.41) is 17.2. The van der Waals surface area contributed by atoms with Gasteiger partial charge in [-0.25, -0.2) is 0 Å². The molecule has 0 aliphatic carbocycles. The Morgan fingerprint density at radius 2 is 1.80 bits per heavy atom. The van der Waals surface area contributed by atoms with Crippen LogP contribution in [0.1, 0.15) is 27.7 Å². The number of nitrogens with one attached hydrogen (secondary N) is 2. The monoisotopic (exact) mass is 471 g/mol. The molecular weight excluding hydrogens is 433 g/mol. The summed E-state index contributed by atoms with van der Waals surface area (Å²) in [7, 11) is 4.12. The van der Waals surface area contributed by atoms with E-state index < -0.39 is 5.60 Å². The predicted molar refractivity (Wildman–Crippen MR) is 115 cm³/mol. The third-order valence-corrected chi connectivity index (χ3v) is 4.48. The van der Waals surface area contributed by atoms with Crippen molar-refractivity contribution in [2.45, 2.75) is 38.8 Å². The molecule has 0 aromatic heterocycles. The Kier molecular flexibility index (Phi) is 11.5. The average molecular weight is 471 g/mol. The van der Waals surface area contributed by atoms with Crippen LogP contribution in [0.25, 0.3) is 0 Å². The summed E-state index contributed by atoms with van der Waals surface area (Å²) in [6.45, 7) is 14.0. The largest absolute Gasteiger partial charge is 0.387 e. The van der Waals surface area contributed by atoms with Crippen molar-refractivity contribution in [1.82, 2.24) is 20.4 Å². The highest BCUT2D eigenvalue weighted by Crippen LogP contribution is 2.10. The van der Waals surface area contributed by atoms with E-state index in [1.54, 1.807) is 0 Å². The Bertz CT molecular complexity index is 396. The number of aliphatic hydroxyl groups is 1. The van der Waals surface area contributed by atoms with E-state index >= 15 is 0 Å². The first-order chi connectivity index (χ1) is 11.2. The first-order valence-corrected chi connectivity index (χ1v) is 8.88. The molecule has 3 N–H and O–H groups in total. The van der Waals surface area contributed by atoms with Crippen LogP contribution in [0.4, 0.5) is 0 Å². The van der Waals surface area contributed by atoms with Crippen LogP contribution in [0.5, 0.6) is 0 Å². The molecule has 25 heavy (non-hydrogen) atoms. The molecule has 1 unspecified atom stereocenters. The van der Waals surface area contributed by atoms with Crippen LogP contribution >= 0.6 is 24.0 Å². The van der Waals surface area contributed by atoms with Crippen molar-refractivity contribution in [3.63, 3.8) is 0 Å². The molecule has 7 nitrogen and oxygen atoms in total. The molecule has 1 saturated heterocycles. The lowest BCUT2D eigenvalue weighted by Crippen LogP contribution is -2.53. The second-order valence-corrected chi connectivity index (χ2v) is 7.64. The van der Waals surface area contributed by atoms with E-state index in [2.05, 4.69) is 53.4 Å². The molecule has 0 aromatic rings. The molecule has 150 valence electrons. The van der Waals surface area contributed by atoms with Crippen molar-refractivity contribution < 1.29 is 9.84 Å². The number of guanidine groups is 1. The maximum atomic E-state index is 10.7. The molecule has 0 radical (unpaired) electrons. The van der Waals surface area contributed by atoms with Gasteiger partial charge in [0.2, 0.25) is 0 Å². The number of morpholine rings is 1. The molecule has 0 aromatic carbocycles. The van der Waals surface area contributed by atoms with E-state index in [0.717, 1.165) is 38.8 Å². The standard InChI is InChI=1S/C17H37N5O2.HI/c1-7-18-15(19-12-16(2,3)21(5)6)20-13-17(4,23)14-22-8-10-24-11-9-22;/h23H,7-14H2,1-6H3,(H2,18,19,20);1H. The number of β-amino-alcohol motifs (C(OH)–C–C–N with tert-alkyl or cyclic N) is 1. The summed E-state index contributed by atoms with van der Waals surface area (Å²) < 4.78 is 5.36. The molecule has 0 spiro atoms. The highest BCUT2D eigenvalue weighted by atomic mass is 127. The smallest absolute Gasteiger partial charge is 0.191 e. The van der Waals surface area contributed by atoms with Crippen LogP contribution in [0, 0.1) is 0 Å². The molecule has 0 saturated carbocycles. The Labute approximate surface area is 170 Å². The summed E-state index contributed by atoms with van der Waals surface area (Å²) in [5.41, 5.74) is -0.830. The lowest BCUT2D eigenvalue weighted by molar-refractivity contribution is -0.0201. The van der Waals surface area contributed by atoms with Crippen LogP contribution in [0.3, 0.4) is 0 Å². The topological polar surface area (TPSA) is 72.4 Å². The molecular formula is C17H38IN5O2. The van der Waals surface area contributed by atoms with Gasteiger partial charge < -0.3 is 25.4 Å². The van der Waals surface area contributed by atoms with Gasteiger partial charge in [-0.2, -0.15) is 0 Å². The van der Waals surface area contributed by atoms with Crippen LogP contribution in [-0.2, 0) is 4.74 Å². The van der Waals surface area contributed by atoms with Gasteiger partial charge in [0.25, 0.3) is 0 Å². The summed E-state index contributed by atoms with van der Waals surface area (Å²) in [4.78, 5) is 9.07. The molecule has 1 fully saturated rings. The van der Waals surface area contributed by atoms with Crippen molar-refractivity contribution in [1.29, 1.82) is 0 Å². The number of rotatable bonds is 8. The third-order valence-electron chi connectivity index (χ3n) is 4.48. The average Bonchev–Trinajstić information content (AvgIpc) is 2.50. The number of hydrogen-bond acceptors (Lipinski definition) is 5. The van der Waals surface area contributed by atoms with E-state index in [1.165, 1.54) is 0 Å². The number of likely N-dealkylation sites (N-methyl/N-ethyl adjacent to an activating group) is 1. The molecule has 0 amide bonds. The molecule has 8 heteroatoms. The number of ether oxygens (including phenoxy) is 1. The van der Waals surface area contributed by atoms with Gasteiger partial charge in [-0.3, -0.25) is 9.89 Å². The summed E-state index contributed by atoms with van der Waals surface area (Å²) in [6.07, 6.45) is 0. The molecule has 1 atom stereocenters. The zero-order valence-electron chi connectivity index (χ0n) is 16.8. The second-order valence-electron chi connectivity index (χ2n) is 7.64. The Morgan fingerprint density at radius 3 is 2.32 bits per heavy atom. The Hall–Kier alpha value is -0.160. The van der Waals surface area contributed by atoms with Crippen molar-refractivity contribution in [3.8, 4) is 0 Å². The van der Waals surface area contributed by atoms with Crippen LogP contribution in [0.2, 0.25) is 0 Å². The SMILES string of the molecule is CCNC(=NCC(C)(C)N(C)C)NCC(C)(O)CN1CCOCC1.I. The molecule has 1 rings (SSSR count). The van der Waals surface area contributed by atoms with Crippen LogP contribution in [-0.4, -0.2) is 98.6 Å². The number of aliphatic imine (C=N–C) groups is 1. The normalized spacial score (nSPS) is 19.3. The quantitative estimate of drug-likeness (QED) is 0.274. The lowest BCUT2D eigenvalue weighted by atomic mass is 10.1. The van der Waals surface area contributed by atoms with Gasteiger partial charge in [0.1, 0.15) is 0 Å². The van der Waals surface area contributed by atoms with E-state index in [9.17, 15) is 5.11 Å². The number of hydrogen-bond donors (Lipinski definition) is 3. The summed E-state index contributed by atoms with van der Waals surface area (Å²) >= 11 is 0. The molecule has 1 heterocycles. The second kappa shape index (κ2) is 11.5. The third kappa shape index (κ3) is 9.93. The van der Waals surface area contributed by atoms with Gasteiger partial charge in [0.15, 0.2) is 5.96 Å². The fourth-order valence-corrected chi connectivity index (χ4v) is 2.33. The van der Waals surface area contributed by atoms with Crippen molar-refractivity contribution in [3.05, 3.63) is 0 Å². The summed E-state index contributed by atoms with van der Waals surface area (Å²) in [6, 6.07) is 0. The number of halogens is 1. The van der Waals surface area contributed by atoms with Gasteiger partial charge >= 0.3 is 0 Å². The van der Waals surface area contributed by atoms with Gasteiger partial charge in [-0.15, -0.1) is 24.0 Å². The first kappa shape index (κ1) is 24.8. The maximum absolute atomic E-state index is 10.7. The Morgan fingerprint density at radius 1 is 1.20 bits per heavy atom. The zero-order chi connectivity index (χ0) is 18.2. The van der Waals surface area contributed by atoms with E-state index in [0.29, 0.717) is 19.6 Å². The van der Waals surface area contributed by atoms with Gasteiger partial charge in [-0.05, 0) is 41.8 Å². The fourth-order valence-electron chi connectivity index (χ4n) is 2.33. The minimum absolute atomic E-state index is 0. The van der Waals surface area contributed by atoms with Gasteiger partial charge in [0, 0.05) is 38.3 Å². The van der Waals surface area contributed by atoms with E-state index in [1.807, 2.05) is 13.8 Å². The maximum Gasteiger partial charge on any atom is 0.191 e. The minimum atomic E-state index is -0.815. The summed E-state index contributed by atoms with van der Waals surface area (Å²) in [5.74, 6) is 0.745. The molecule has 0 bridgehead atoms. The highest BCUT2D eigenvalue weighted by molar-refractivity contribution is 14.0. The minimum Gasteiger partial charge on any atom is -0.387 e. The zero-order valence-corrected chi connectivity index (χ0v) is 19.1. The van der Waals surface area contributed by atoms with Gasteiger partial charge in [-0.1, -0.05) is 0 Å². The van der Waals surface area contributed by atoms with Gasteiger partial charge in [0.05, 0.1) is 25.4 Å². The highest BCUT2D eigenvalue weighted by Gasteiger charge is 2.26. The van der Waals surface area contributed by atoms with Crippen LogP contribution in [0.15, 0.2) is 4.99 Å². The van der Waals surface area contributed by atoms with E-state index in [-0.39, 0.29) is 29.5 Å². The Balaban J connectivity index is 0.00000576. The lowest BCUT2D eigenvalue weighted by Gasteiger charge is -2.34. The molecule has 1 aliphatic rings. The fraction of sp³-hybridized carbons (Fsp3) is 0.941.